The van der Waals surface area contributed by atoms with Crippen LogP contribution in [-0.2, 0) is 24.5 Å². The van der Waals surface area contributed by atoms with Crippen molar-refractivity contribution in [1.82, 2.24) is 4.90 Å². The van der Waals surface area contributed by atoms with E-state index in [1.807, 2.05) is 66.7 Å². The number of halogens is 2. The number of amides is 1. The van der Waals surface area contributed by atoms with Crippen LogP contribution in [0.15, 0.2) is 78.9 Å². The third kappa shape index (κ3) is 8.50. The van der Waals surface area contributed by atoms with Gasteiger partial charge in [-0.25, -0.2) is 4.79 Å². The largest absolute Gasteiger partial charge is 0.485 e. The van der Waals surface area contributed by atoms with E-state index in [9.17, 15) is 4.79 Å². The number of carbonyl (C=O) groups is 1. The molecule has 0 radical (unpaired) electrons. The molecule has 3 aromatic rings. The summed E-state index contributed by atoms with van der Waals surface area (Å²) in [7, 11) is 0. The quantitative estimate of drug-likeness (QED) is 0.372. The first kappa shape index (κ1) is 26.3. The lowest BCUT2D eigenvalue weighted by atomic mass is 10.2. The van der Waals surface area contributed by atoms with E-state index < -0.39 is 6.09 Å². The Balaban J connectivity index is 0.00000385. The van der Waals surface area contributed by atoms with Gasteiger partial charge >= 0.3 is 6.09 Å². The van der Waals surface area contributed by atoms with E-state index in [0.29, 0.717) is 44.2 Å². The first-order valence-electron chi connectivity index (χ1n) is 10.4. The number of benzene rings is 3. The van der Waals surface area contributed by atoms with Crippen molar-refractivity contribution in [2.24, 2.45) is 5.73 Å². The average molecular weight is 491 g/mol. The SMILES string of the molecule is Cl.NCCCN(Cc1ccc(OCc2ccccc2)c(OCl)c1)C(=O)OCc1ccccc1. The van der Waals surface area contributed by atoms with Gasteiger partial charge in [-0.05, 0) is 41.8 Å². The van der Waals surface area contributed by atoms with Crippen molar-refractivity contribution in [2.45, 2.75) is 26.2 Å². The van der Waals surface area contributed by atoms with E-state index in [-0.39, 0.29) is 19.0 Å². The molecule has 2 N–H and O–H groups in total. The fourth-order valence-electron chi connectivity index (χ4n) is 3.11. The second kappa shape index (κ2) is 14.3. The van der Waals surface area contributed by atoms with Crippen LogP contribution in [0.25, 0.3) is 0 Å². The second-order valence-electron chi connectivity index (χ2n) is 7.24. The Morgan fingerprint density at radius 2 is 1.48 bits per heavy atom. The average Bonchev–Trinajstić information content (AvgIpc) is 2.85. The molecule has 0 saturated carbocycles. The summed E-state index contributed by atoms with van der Waals surface area (Å²) in [5.74, 6) is 0.907. The maximum Gasteiger partial charge on any atom is 0.410 e. The molecular weight excluding hydrogens is 463 g/mol. The highest BCUT2D eigenvalue weighted by Gasteiger charge is 2.17. The lowest BCUT2D eigenvalue weighted by molar-refractivity contribution is 0.0934. The van der Waals surface area contributed by atoms with Crippen LogP contribution in [0.1, 0.15) is 23.1 Å². The molecule has 1 amide bonds. The summed E-state index contributed by atoms with van der Waals surface area (Å²) < 4.78 is 16.3. The van der Waals surface area contributed by atoms with E-state index in [0.717, 1.165) is 16.7 Å². The minimum atomic E-state index is -0.403. The van der Waals surface area contributed by atoms with E-state index in [1.165, 1.54) is 0 Å². The van der Waals surface area contributed by atoms with Gasteiger partial charge in [0.25, 0.3) is 0 Å². The van der Waals surface area contributed by atoms with Gasteiger partial charge in [-0.15, -0.1) is 12.4 Å². The van der Waals surface area contributed by atoms with Crippen molar-refractivity contribution in [3.8, 4) is 11.5 Å². The Kier molecular flexibility index (Phi) is 11.4. The monoisotopic (exact) mass is 490 g/mol. The standard InChI is InChI=1S/C25H27ClN2O4.ClH/c26-32-24-16-22(12-13-23(24)30-18-20-8-3-1-4-9-20)17-28(15-7-14-27)25(29)31-19-21-10-5-2-6-11-21;/h1-6,8-13,16H,7,14-15,17-19,27H2;1H. The van der Waals surface area contributed by atoms with Crippen LogP contribution in [0.2, 0.25) is 0 Å². The van der Waals surface area contributed by atoms with Crippen LogP contribution in [0.3, 0.4) is 0 Å². The summed E-state index contributed by atoms with van der Waals surface area (Å²) in [6.07, 6.45) is 0.262. The number of ether oxygens (including phenoxy) is 2. The van der Waals surface area contributed by atoms with Gasteiger partial charge in [0.1, 0.15) is 25.1 Å². The molecular formula is C25H28Cl2N2O4. The van der Waals surface area contributed by atoms with Crippen LogP contribution in [0.5, 0.6) is 11.5 Å². The molecule has 3 rings (SSSR count). The number of nitrogens with zero attached hydrogens (tertiary/aromatic N) is 1. The van der Waals surface area contributed by atoms with Gasteiger partial charge in [0.15, 0.2) is 11.5 Å². The second-order valence-corrected chi connectivity index (χ2v) is 7.39. The molecule has 3 aromatic carbocycles. The van der Waals surface area contributed by atoms with Gasteiger partial charge < -0.3 is 24.4 Å². The van der Waals surface area contributed by atoms with Crippen LogP contribution < -0.4 is 14.8 Å². The first-order valence-corrected chi connectivity index (χ1v) is 10.7. The van der Waals surface area contributed by atoms with Crippen molar-refractivity contribution in [3.05, 3.63) is 95.6 Å². The Morgan fingerprint density at radius 3 is 2.09 bits per heavy atom. The molecule has 8 heteroatoms. The molecule has 176 valence electrons. The Labute approximate surface area is 205 Å². The lowest BCUT2D eigenvalue weighted by Crippen LogP contribution is -2.33. The van der Waals surface area contributed by atoms with E-state index in [4.69, 9.17) is 31.4 Å². The van der Waals surface area contributed by atoms with Crippen LogP contribution in [-0.4, -0.2) is 24.1 Å². The maximum atomic E-state index is 12.7. The number of carbonyl (C=O) groups excluding carboxylic acids is 1. The first-order chi connectivity index (χ1) is 15.7. The number of rotatable bonds is 11. The molecule has 0 bridgehead atoms. The van der Waals surface area contributed by atoms with Crippen LogP contribution in [0.4, 0.5) is 4.79 Å². The van der Waals surface area contributed by atoms with Crippen LogP contribution >= 0.6 is 24.3 Å². The number of hydrogen-bond acceptors (Lipinski definition) is 5. The van der Waals surface area contributed by atoms with Crippen molar-refractivity contribution in [1.29, 1.82) is 0 Å². The van der Waals surface area contributed by atoms with E-state index >= 15 is 0 Å². The lowest BCUT2D eigenvalue weighted by Gasteiger charge is -2.22. The third-order valence-corrected chi connectivity index (χ3v) is 4.96. The van der Waals surface area contributed by atoms with Gasteiger partial charge in [0, 0.05) is 13.1 Å². The Hall–Kier alpha value is -2.93. The zero-order valence-corrected chi connectivity index (χ0v) is 19.8. The highest BCUT2D eigenvalue weighted by molar-refractivity contribution is 6.09. The zero-order valence-electron chi connectivity index (χ0n) is 18.2. The fourth-order valence-corrected chi connectivity index (χ4v) is 3.23. The molecule has 0 fully saturated rings. The minimum Gasteiger partial charge on any atom is -0.485 e. The molecule has 0 aliphatic heterocycles. The minimum absolute atomic E-state index is 0. The van der Waals surface area contributed by atoms with Crippen molar-refractivity contribution in [2.75, 3.05) is 13.1 Å². The van der Waals surface area contributed by atoms with Gasteiger partial charge in [-0.1, -0.05) is 66.7 Å². The molecule has 0 aliphatic rings. The van der Waals surface area contributed by atoms with Gasteiger partial charge in [0.2, 0.25) is 0 Å². The van der Waals surface area contributed by atoms with Gasteiger partial charge in [0.05, 0.1) is 0 Å². The Bertz CT molecular complexity index is 975. The molecule has 0 spiro atoms. The normalized spacial score (nSPS) is 10.1. The fraction of sp³-hybridized carbons (Fsp3) is 0.240. The number of hydrogen-bond donors (Lipinski definition) is 1. The van der Waals surface area contributed by atoms with E-state index in [2.05, 4.69) is 0 Å². The molecule has 33 heavy (non-hydrogen) atoms. The Morgan fingerprint density at radius 1 is 0.848 bits per heavy atom. The molecule has 0 aromatic heterocycles. The summed E-state index contributed by atoms with van der Waals surface area (Å²) in [5, 5.41) is 0. The predicted molar refractivity (Wildman–Crippen MR) is 132 cm³/mol. The summed E-state index contributed by atoms with van der Waals surface area (Å²) in [6.45, 7) is 1.89. The predicted octanol–water partition coefficient (Wildman–Crippen LogP) is 5.71. The topological polar surface area (TPSA) is 74.0 Å². The maximum absolute atomic E-state index is 12.7. The summed E-state index contributed by atoms with van der Waals surface area (Å²) in [6, 6.07) is 24.8. The highest BCUT2D eigenvalue weighted by Crippen LogP contribution is 2.30. The molecule has 0 heterocycles. The van der Waals surface area contributed by atoms with Crippen LogP contribution in [0, 0.1) is 0 Å². The molecule has 0 saturated heterocycles. The molecule has 0 atom stereocenters. The smallest absolute Gasteiger partial charge is 0.410 e. The van der Waals surface area contributed by atoms with Gasteiger partial charge in [-0.2, -0.15) is 0 Å². The highest BCUT2D eigenvalue weighted by atomic mass is 35.5. The van der Waals surface area contributed by atoms with Crippen molar-refractivity contribution in [3.63, 3.8) is 0 Å². The number of nitrogens with two attached hydrogens (primary N) is 1. The van der Waals surface area contributed by atoms with Crippen molar-refractivity contribution < 1.29 is 18.6 Å². The summed E-state index contributed by atoms with van der Waals surface area (Å²) in [5.41, 5.74) is 8.45. The van der Waals surface area contributed by atoms with Crippen molar-refractivity contribution >= 4 is 30.4 Å². The zero-order chi connectivity index (χ0) is 22.6. The van der Waals surface area contributed by atoms with E-state index in [1.54, 1.807) is 17.0 Å². The summed E-state index contributed by atoms with van der Waals surface area (Å²) >= 11 is 5.68. The molecule has 0 aliphatic carbocycles. The molecule has 0 unspecified atom stereocenters. The molecule has 6 nitrogen and oxygen atoms in total. The third-order valence-electron chi connectivity index (χ3n) is 4.80. The van der Waals surface area contributed by atoms with Gasteiger partial charge in [-0.3, -0.25) is 0 Å². The summed E-state index contributed by atoms with van der Waals surface area (Å²) in [4.78, 5) is 14.3.